The molecule has 2 unspecified atom stereocenters. The lowest BCUT2D eigenvalue weighted by Gasteiger charge is -2.21. The van der Waals surface area contributed by atoms with E-state index < -0.39 is 0 Å². The van der Waals surface area contributed by atoms with E-state index >= 15 is 0 Å². The Morgan fingerprint density at radius 3 is 2.17 bits per heavy atom. The standard InChI is InChI=1S/C16H19NO/c1-12-8-10-15(11-9-12)18-13(2)16(17)14-6-4-3-5-7-14/h3-11,13,16H,17H2,1-2H3. The highest BCUT2D eigenvalue weighted by molar-refractivity contribution is 5.27. The van der Waals surface area contributed by atoms with Crippen LogP contribution in [-0.4, -0.2) is 6.10 Å². The lowest BCUT2D eigenvalue weighted by atomic mass is 10.0. The van der Waals surface area contributed by atoms with Gasteiger partial charge in [-0.05, 0) is 31.5 Å². The van der Waals surface area contributed by atoms with Crippen LogP contribution >= 0.6 is 0 Å². The summed E-state index contributed by atoms with van der Waals surface area (Å²) in [6.45, 7) is 4.06. The number of hydrogen-bond acceptors (Lipinski definition) is 2. The third-order valence-corrected chi connectivity index (χ3v) is 3.03. The maximum Gasteiger partial charge on any atom is 0.119 e. The lowest BCUT2D eigenvalue weighted by molar-refractivity contribution is 0.190. The van der Waals surface area contributed by atoms with Gasteiger partial charge >= 0.3 is 0 Å². The highest BCUT2D eigenvalue weighted by Crippen LogP contribution is 2.20. The zero-order chi connectivity index (χ0) is 13.0. The number of rotatable bonds is 4. The second-order valence-corrected chi connectivity index (χ2v) is 4.57. The van der Waals surface area contributed by atoms with Gasteiger partial charge in [0.25, 0.3) is 0 Å². The number of nitrogens with two attached hydrogens (primary N) is 1. The molecule has 2 atom stereocenters. The summed E-state index contributed by atoms with van der Waals surface area (Å²) in [4.78, 5) is 0. The zero-order valence-electron chi connectivity index (χ0n) is 10.8. The van der Waals surface area contributed by atoms with E-state index in [2.05, 4.69) is 6.92 Å². The topological polar surface area (TPSA) is 35.2 Å². The lowest BCUT2D eigenvalue weighted by Crippen LogP contribution is -2.28. The number of benzene rings is 2. The van der Waals surface area contributed by atoms with Gasteiger partial charge in [0.1, 0.15) is 11.9 Å². The van der Waals surface area contributed by atoms with Crippen LogP contribution in [-0.2, 0) is 0 Å². The van der Waals surface area contributed by atoms with Gasteiger partial charge < -0.3 is 10.5 Å². The van der Waals surface area contributed by atoms with E-state index in [-0.39, 0.29) is 12.1 Å². The number of hydrogen-bond donors (Lipinski definition) is 1. The smallest absolute Gasteiger partial charge is 0.119 e. The molecule has 2 heteroatoms. The molecule has 0 fully saturated rings. The molecule has 2 rings (SSSR count). The fourth-order valence-electron chi connectivity index (χ4n) is 1.85. The average molecular weight is 241 g/mol. The molecule has 0 aliphatic rings. The van der Waals surface area contributed by atoms with Crippen LogP contribution in [0.3, 0.4) is 0 Å². The monoisotopic (exact) mass is 241 g/mol. The van der Waals surface area contributed by atoms with Crippen molar-refractivity contribution >= 4 is 0 Å². The van der Waals surface area contributed by atoms with E-state index in [4.69, 9.17) is 10.5 Å². The van der Waals surface area contributed by atoms with Gasteiger partial charge in [0.05, 0.1) is 6.04 Å². The van der Waals surface area contributed by atoms with Crippen molar-refractivity contribution < 1.29 is 4.74 Å². The summed E-state index contributed by atoms with van der Waals surface area (Å²) in [7, 11) is 0. The van der Waals surface area contributed by atoms with E-state index in [0.717, 1.165) is 11.3 Å². The van der Waals surface area contributed by atoms with E-state index in [1.54, 1.807) is 0 Å². The maximum absolute atomic E-state index is 6.19. The van der Waals surface area contributed by atoms with Crippen LogP contribution in [0.25, 0.3) is 0 Å². The largest absolute Gasteiger partial charge is 0.489 e. The van der Waals surface area contributed by atoms with Crippen LogP contribution in [0.2, 0.25) is 0 Å². The van der Waals surface area contributed by atoms with Crippen molar-refractivity contribution in [3.8, 4) is 5.75 Å². The van der Waals surface area contributed by atoms with Crippen molar-refractivity contribution in [2.45, 2.75) is 26.0 Å². The first-order chi connectivity index (χ1) is 8.66. The molecule has 2 nitrogen and oxygen atoms in total. The summed E-state index contributed by atoms with van der Waals surface area (Å²) in [5.74, 6) is 0.861. The van der Waals surface area contributed by atoms with Crippen LogP contribution in [0.5, 0.6) is 5.75 Å². The molecule has 0 spiro atoms. The van der Waals surface area contributed by atoms with Crippen molar-refractivity contribution in [2.75, 3.05) is 0 Å². The predicted octanol–water partition coefficient (Wildman–Crippen LogP) is 3.46. The molecule has 0 saturated heterocycles. The summed E-state index contributed by atoms with van der Waals surface area (Å²) >= 11 is 0. The van der Waals surface area contributed by atoms with E-state index in [1.165, 1.54) is 5.56 Å². The van der Waals surface area contributed by atoms with Crippen molar-refractivity contribution in [1.82, 2.24) is 0 Å². The second kappa shape index (κ2) is 5.69. The Morgan fingerprint density at radius 2 is 1.56 bits per heavy atom. The molecule has 2 N–H and O–H groups in total. The fourth-order valence-corrected chi connectivity index (χ4v) is 1.85. The molecule has 2 aromatic rings. The molecule has 0 aliphatic carbocycles. The van der Waals surface area contributed by atoms with Gasteiger partial charge in [-0.3, -0.25) is 0 Å². The van der Waals surface area contributed by atoms with E-state index in [0.29, 0.717) is 0 Å². The Bertz CT molecular complexity index is 478. The number of aryl methyl sites for hydroxylation is 1. The van der Waals surface area contributed by atoms with Gasteiger partial charge in [0, 0.05) is 0 Å². The molecule has 0 amide bonds. The zero-order valence-corrected chi connectivity index (χ0v) is 10.8. The first-order valence-corrected chi connectivity index (χ1v) is 6.20. The van der Waals surface area contributed by atoms with E-state index in [1.807, 2.05) is 61.5 Å². The Morgan fingerprint density at radius 1 is 0.944 bits per heavy atom. The quantitative estimate of drug-likeness (QED) is 0.889. The summed E-state index contributed by atoms with van der Waals surface area (Å²) in [6.07, 6.45) is -0.0601. The molecular formula is C16H19NO. The first-order valence-electron chi connectivity index (χ1n) is 6.20. The Hall–Kier alpha value is -1.80. The summed E-state index contributed by atoms with van der Waals surface area (Å²) in [5, 5.41) is 0. The third-order valence-electron chi connectivity index (χ3n) is 3.03. The fraction of sp³-hybridized carbons (Fsp3) is 0.250. The maximum atomic E-state index is 6.19. The average Bonchev–Trinajstić information content (AvgIpc) is 2.41. The third kappa shape index (κ3) is 3.11. The second-order valence-electron chi connectivity index (χ2n) is 4.57. The van der Waals surface area contributed by atoms with E-state index in [9.17, 15) is 0 Å². The Kier molecular flexibility index (Phi) is 4.00. The molecule has 0 bridgehead atoms. The Labute approximate surface area is 108 Å². The van der Waals surface area contributed by atoms with Gasteiger partial charge in [-0.2, -0.15) is 0 Å². The summed E-state index contributed by atoms with van der Waals surface area (Å²) in [5.41, 5.74) is 8.51. The van der Waals surface area contributed by atoms with Crippen molar-refractivity contribution in [1.29, 1.82) is 0 Å². The van der Waals surface area contributed by atoms with Gasteiger partial charge in [-0.15, -0.1) is 0 Å². The number of ether oxygens (including phenoxy) is 1. The molecule has 2 aromatic carbocycles. The molecule has 0 radical (unpaired) electrons. The van der Waals surface area contributed by atoms with Gasteiger partial charge in [0.15, 0.2) is 0 Å². The SMILES string of the molecule is Cc1ccc(OC(C)C(N)c2ccccc2)cc1. The molecule has 0 aliphatic heterocycles. The highest BCUT2D eigenvalue weighted by atomic mass is 16.5. The van der Waals surface area contributed by atoms with Gasteiger partial charge in [-0.25, -0.2) is 0 Å². The van der Waals surface area contributed by atoms with Crippen molar-refractivity contribution in [3.63, 3.8) is 0 Å². The van der Waals surface area contributed by atoms with Gasteiger partial charge in [-0.1, -0.05) is 48.0 Å². The first kappa shape index (κ1) is 12.7. The van der Waals surface area contributed by atoms with Crippen molar-refractivity contribution in [3.05, 3.63) is 65.7 Å². The van der Waals surface area contributed by atoms with Crippen LogP contribution in [0.4, 0.5) is 0 Å². The molecule has 94 valence electrons. The normalized spacial score (nSPS) is 13.9. The van der Waals surface area contributed by atoms with Crippen molar-refractivity contribution in [2.24, 2.45) is 5.73 Å². The molecule has 0 aromatic heterocycles. The van der Waals surface area contributed by atoms with Crippen LogP contribution in [0.15, 0.2) is 54.6 Å². The van der Waals surface area contributed by atoms with Crippen LogP contribution in [0, 0.1) is 6.92 Å². The summed E-state index contributed by atoms with van der Waals surface area (Å²) < 4.78 is 5.86. The minimum atomic E-state index is -0.118. The molecule has 0 saturated carbocycles. The molecule has 18 heavy (non-hydrogen) atoms. The van der Waals surface area contributed by atoms with Crippen LogP contribution < -0.4 is 10.5 Å². The molecule has 0 heterocycles. The summed E-state index contributed by atoms with van der Waals surface area (Å²) in [6, 6.07) is 17.9. The minimum Gasteiger partial charge on any atom is -0.489 e. The van der Waals surface area contributed by atoms with Gasteiger partial charge in [0.2, 0.25) is 0 Å². The highest BCUT2D eigenvalue weighted by Gasteiger charge is 2.15. The van der Waals surface area contributed by atoms with Crippen LogP contribution in [0.1, 0.15) is 24.1 Å². The minimum absolute atomic E-state index is 0.0601. The predicted molar refractivity (Wildman–Crippen MR) is 74.6 cm³/mol. The molecular weight excluding hydrogens is 222 g/mol. The Balaban J connectivity index is 2.03.